The SMILES string of the molecule is CN(C)CC/C=C1\c2ccc(Br)cc2COc2ccccc21. The van der Waals surface area contributed by atoms with Crippen LogP contribution >= 0.6 is 15.9 Å². The van der Waals surface area contributed by atoms with Gasteiger partial charge in [0.15, 0.2) is 0 Å². The minimum absolute atomic E-state index is 0.608. The first kappa shape index (κ1) is 15.3. The van der Waals surface area contributed by atoms with Crippen molar-refractivity contribution in [3.63, 3.8) is 0 Å². The van der Waals surface area contributed by atoms with Crippen LogP contribution in [-0.2, 0) is 6.61 Å². The molecule has 0 amide bonds. The third-order valence-corrected chi connectivity index (χ3v) is 4.34. The molecule has 2 aromatic carbocycles. The van der Waals surface area contributed by atoms with E-state index in [0.717, 1.165) is 23.2 Å². The molecule has 2 aromatic rings. The number of benzene rings is 2. The summed E-state index contributed by atoms with van der Waals surface area (Å²) in [5, 5.41) is 0. The van der Waals surface area contributed by atoms with Crippen LogP contribution < -0.4 is 4.74 Å². The van der Waals surface area contributed by atoms with Crippen molar-refractivity contribution < 1.29 is 4.74 Å². The fraction of sp³-hybridized carbons (Fsp3) is 0.263. The molecule has 1 heterocycles. The molecule has 3 heteroatoms. The predicted molar refractivity (Wildman–Crippen MR) is 95.2 cm³/mol. The normalized spacial score (nSPS) is 15.2. The van der Waals surface area contributed by atoms with Crippen LogP contribution in [0.4, 0.5) is 0 Å². The van der Waals surface area contributed by atoms with Gasteiger partial charge < -0.3 is 9.64 Å². The topological polar surface area (TPSA) is 12.5 Å². The van der Waals surface area contributed by atoms with Crippen molar-refractivity contribution in [2.75, 3.05) is 20.6 Å². The highest BCUT2D eigenvalue weighted by Gasteiger charge is 2.18. The van der Waals surface area contributed by atoms with Crippen LogP contribution in [0, 0.1) is 0 Å². The van der Waals surface area contributed by atoms with Crippen LogP contribution in [0.3, 0.4) is 0 Å². The lowest BCUT2D eigenvalue weighted by molar-refractivity contribution is 0.307. The molecule has 0 radical (unpaired) electrons. The molecule has 0 fully saturated rings. The molecular formula is C19H20BrNO. The van der Waals surface area contributed by atoms with E-state index >= 15 is 0 Å². The highest BCUT2D eigenvalue weighted by atomic mass is 79.9. The van der Waals surface area contributed by atoms with E-state index in [0.29, 0.717) is 6.61 Å². The summed E-state index contributed by atoms with van der Waals surface area (Å²) >= 11 is 3.56. The first-order valence-electron chi connectivity index (χ1n) is 7.51. The number of hydrogen-bond donors (Lipinski definition) is 0. The van der Waals surface area contributed by atoms with Crippen LogP contribution in [0.2, 0.25) is 0 Å². The van der Waals surface area contributed by atoms with E-state index in [1.165, 1.54) is 22.3 Å². The maximum Gasteiger partial charge on any atom is 0.127 e. The summed E-state index contributed by atoms with van der Waals surface area (Å²) < 4.78 is 7.11. The largest absolute Gasteiger partial charge is 0.488 e. The van der Waals surface area contributed by atoms with Gasteiger partial charge in [0, 0.05) is 16.6 Å². The molecule has 22 heavy (non-hydrogen) atoms. The van der Waals surface area contributed by atoms with Gasteiger partial charge in [-0.2, -0.15) is 0 Å². The summed E-state index contributed by atoms with van der Waals surface area (Å²) in [6.07, 6.45) is 3.35. The highest BCUT2D eigenvalue weighted by molar-refractivity contribution is 9.10. The number of nitrogens with zero attached hydrogens (tertiary/aromatic N) is 1. The van der Waals surface area contributed by atoms with Crippen LogP contribution in [0.25, 0.3) is 5.57 Å². The molecule has 1 aliphatic heterocycles. The van der Waals surface area contributed by atoms with Crippen molar-refractivity contribution in [3.8, 4) is 5.75 Å². The zero-order valence-corrected chi connectivity index (χ0v) is 14.6. The van der Waals surface area contributed by atoms with E-state index in [9.17, 15) is 0 Å². The second-order valence-corrected chi connectivity index (χ2v) is 6.71. The monoisotopic (exact) mass is 357 g/mol. The lowest BCUT2D eigenvalue weighted by atomic mass is 9.93. The van der Waals surface area contributed by atoms with E-state index in [1.807, 2.05) is 6.07 Å². The Labute approximate surface area is 140 Å². The zero-order chi connectivity index (χ0) is 15.5. The Bertz CT molecular complexity index is 706. The average Bonchev–Trinajstić information content (AvgIpc) is 2.64. The van der Waals surface area contributed by atoms with Crippen molar-refractivity contribution in [1.29, 1.82) is 0 Å². The van der Waals surface area contributed by atoms with Gasteiger partial charge >= 0.3 is 0 Å². The van der Waals surface area contributed by atoms with Gasteiger partial charge in [0.2, 0.25) is 0 Å². The first-order valence-corrected chi connectivity index (χ1v) is 8.30. The fourth-order valence-corrected chi connectivity index (χ4v) is 3.16. The highest BCUT2D eigenvalue weighted by Crippen LogP contribution is 2.37. The van der Waals surface area contributed by atoms with Crippen molar-refractivity contribution in [3.05, 3.63) is 69.7 Å². The number of para-hydroxylation sites is 1. The molecule has 0 N–H and O–H groups in total. The maximum atomic E-state index is 6.02. The summed E-state index contributed by atoms with van der Waals surface area (Å²) in [6, 6.07) is 14.7. The Morgan fingerprint density at radius 2 is 1.95 bits per heavy atom. The Balaban J connectivity index is 2.08. The average molecular weight is 358 g/mol. The molecule has 114 valence electrons. The minimum Gasteiger partial charge on any atom is -0.488 e. The Hall–Kier alpha value is -1.58. The minimum atomic E-state index is 0.608. The van der Waals surface area contributed by atoms with Crippen molar-refractivity contribution in [2.45, 2.75) is 13.0 Å². The third kappa shape index (κ3) is 3.26. The summed E-state index contributed by atoms with van der Waals surface area (Å²) in [7, 11) is 4.21. The van der Waals surface area contributed by atoms with Crippen molar-refractivity contribution in [1.82, 2.24) is 4.90 Å². The lowest BCUT2D eigenvalue weighted by Crippen LogP contribution is -2.12. The van der Waals surface area contributed by atoms with Gasteiger partial charge in [-0.25, -0.2) is 0 Å². The molecule has 0 aliphatic carbocycles. The summed E-state index contributed by atoms with van der Waals surface area (Å²) in [4.78, 5) is 2.21. The molecule has 2 nitrogen and oxygen atoms in total. The first-order chi connectivity index (χ1) is 10.6. The molecule has 0 aromatic heterocycles. The predicted octanol–water partition coefficient (Wildman–Crippen LogP) is 4.72. The molecule has 0 unspecified atom stereocenters. The molecule has 0 saturated heterocycles. The summed E-state index contributed by atoms with van der Waals surface area (Å²) in [5.41, 5.74) is 4.95. The molecule has 0 atom stereocenters. The Kier molecular flexibility index (Phi) is 4.65. The fourth-order valence-electron chi connectivity index (χ4n) is 2.75. The van der Waals surface area contributed by atoms with Crippen molar-refractivity contribution in [2.24, 2.45) is 0 Å². The number of hydrogen-bond acceptors (Lipinski definition) is 2. The number of fused-ring (bicyclic) bond motifs is 2. The van der Waals surface area contributed by atoms with Crippen LogP contribution in [0.15, 0.2) is 53.0 Å². The molecule has 0 saturated carbocycles. The molecule has 0 bridgehead atoms. The van der Waals surface area contributed by atoms with Crippen LogP contribution in [0.1, 0.15) is 23.1 Å². The van der Waals surface area contributed by atoms with Gasteiger partial charge in [-0.05, 0) is 55.4 Å². The summed E-state index contributed by atoms with van der Waals surface area (Å²) in [5.74, 6) is 0.964. The van der Waals surface area contributed by atoms with Crippen LogP contribution in [-0.4, -0.2) is 25.5 Å². The quantitative estimate of drug-likeness (QED) is 0.787. The van der Waals surface area contributed by atoms with E-state index < -0.39 is 0 Å². The second-order valence-electron chi connectivity index (χ2n) is 5.80. The molecule has 3 rings (SSSR count). The van der Waals surface area contributed by atoms with Gasteiger partial charge in [0.25, 0.3) is 0 Å². The van der Waals surface area contributed by atoms with Gasteiger partial charge in [0.05, 0.1) is 0 Å². The van der Waals surface area contributed by atoms with E-state index in [4.69, 9.17) is 4.74 Å². The maximum absolute atomic E-state index is 6.02. The summed E-state index contributed by atoms with van der Waals surface area (Å²) in [6.45, 7) is 1.65. The molecule has 1 aliphatic rings. The van der Waals surface area contributed by atoms with E-state index in [2.05, 4.69) is 77.4 Å². The van der Waals surface area contributed by atoms with Gasteiger partial charge in [-0.15, -0.1) is 0 Å². The molecular weight excluding hydrogens is 338 g/mol. The van der Waals surface area contributed by atoms with Gasteiger partial charge in [-0.3, -0.25) is 0 Å². The lowest BCUT2D eigenvalue weighted by Gasteiger charge is -2.12. The van der Waals surface area contributed by atoms with E-state index in [-0.39, 0.29) is 0 Å². The van der Waals surface area contributed by atoms with Gasteiger partial charge in [0.1, 0.15) is 12.4 Å². The molecule has 0 spiro atoms. The second kappa shape index (κ2) is 6.67. The van der Waals surface area contributed by atoms with Crippen LogP contribution in [0.5, 0.6) is 5.75 Å². The Morgan fingerprint density at radius 3 is 2.77 bits per heavy atom. The Morgan fingerprint density at radius 1 is 1.14 bits per heavy atom. The third-order valence-electron chi connectivity index (χ3n) is 3.84. The zero-order valence-electron chi connectivity index (χ0n) is 13.0. The van der Waals surface area contributed by atoms with Crippen molar-refractivity contribution >= 4 is 21.5 Å². The standard InChI is InChI=1S/C19H20BrNO/c1-21(2)11-5-7-17-16-10-9-15(20)12-14(16)13-22-19-8-4-3-6-18(17)19/h3-4,6-10,12H,5,11,13H2,1-2H3/b17-7+. The number of rotatable bonds is 3. The van der Waals surface area contributed by atoms with E-state index in [1.54, 1.807) is 0 Å². The number of ether oxygens (including phenoxy) is 1. The van der Waals surface area contributed by atoms with Gasteiger partial charge in [-0.1, -0.05) is 46.3 Å². The number of halogens is 1. The smallest absolute Gasteiger partial charge is 0.127 e.